The third kappa shape index (κ3) is 5.72. The van der Waals surface area contributed by atoms with Crippen LogP contribution in [-0.4, -0.2) is 11.2 Å². The van der Waals surface area contributed by atoms with Crippen molar-refractivity contribution in [1.29, 1.82) is 0 Å². The van der Waals surface area contributed by atoms with Gasteiger partial charge in [0.2, 0.25) is 5.89 Å². The minimum Gasteiger partial charge on any atom is -0.436 e. The maximum Gasteiger partial charge on any atom is 0.229 e. The van der Waals surface area contributed by atoms with Gasteiger partial charge in [-0.15, -0.1) is 0 Å². The van der Waals surface area contributed by atoms with E-state index in [2.05, 4.69) is 144 Å². The van der Waals surface area contributed by atoms with Gasteiger partial charge in [0.15, 0.2) is 5.58 Å². The Hall–Kier alpha value is -5.80. The van der Waals surface area contributed by atoms with Crippen LogP contribution in [0.2, 0.25) is 0 Å². The van der Waals surface area contributed by atoms with Gasteiger partial charge in [-0.05, 0) is 99.0 Å². The molecule has 0 bridgehead atoms. The van der Waals surface area contributed by atoms with Gasteiger partial charge in [0.25, 0.3) is 0 Å². The predicted molar refractivity (Wildman–Crippen MR) is 207 cm³/mol. The van der Waals surface area contributed by atoms with Crippen molar-refractivity contribution in [2.75, 3.05) is 0 Å². The Morgan fingerprint density at radius 2 is 1.29 bits per heavy atom. The summed E-state index contributed by atoms with van der Waals surface area (Å²) in [5.41, 5.74) is 12.7. The number of para-hydroxylation sites is 1. The van der Waals surface area contributed by atoms with E-state index in [0.29, 0.717) is 5.89 Å². The van der Waals surface area contributed by atoms with Crippen LogP contribution in [-0.2, 0) is 5.41 Å². The van der Waals surface area contributed by atoms with E-state index in [1.165, 1.54) is 49.4 Å². The Labute approximate surface area is 287 Å². The molecule has 3 heteroatoms. The van der Waals surface area contributed by atoms with Crippen LogP contribution in [0.1, 0.15) is 43.0 Å². The van der Waals surface area contributed by atoms with Crippen LogP contribution < -0.4 is 0 Å². The highest BCUT2D eigenvalue weighted by Crippen LogP contribution is 2.39. The molecule has 238 valence electrons. The molecule has 0 saturated heterocycles. The van der Waals surface area contributed by atoms with E-state index >= 15 is 0 Å². The lowest BCUT2D eigenvalue weighted by Crippen LogP contribution is -2.11. The number of aromatic nitrogens is 1. The smallest absolute Gasteiger partial charge is 0.229 e. The third-order valence-corrected chi connectivity index (χ3v) is 9.54. The highest BCUT2D eigenvalue weighted by atomic mass is 16.3. The number of benzene rings is 7. The molecule has 0 N–H and O–H groups in total. The van der Waals surface area contributed by atoms with Crippen molar-refractivity contribution < 1.29 is 4.42 Å². The minimum atomic E-state index is -0.0701. The fourth-order valence-electron chi connectivity index (χ4n) is 6.77. The molecule has 0 aliphatic rings. The summed E-state index contributed by atoms with van der Waals surface area (Å²) in [7, 11) is 0. The molecule has 0 unspecified atom stereocenters. The van der Waals surface area contributed by atoms with Crippen molar-refractivity contribution in [3.63, 3.8) is 0 Å². The van der Waals surface area contributed by atoms with Crippen molar-refractivity contribution in [2.24, 2.45) is 4.99 Å². The monoisotopic (exact) mass is 634 g/mol. The van der Waals surface area contributed by atoms with E-state index in [-0.39, 0.29) is 5.41 Å². The fourth-order valence-corrected chi connectivity index (χ4v) is 6.77. The van der Waals surface area contributed by atoms with Gasteiger partial charge in [-0.1, -0.05) is 129 Å². The molecule has 8 rings (SSSR count). The lowest BCUT2D eigenvalue weighted by atomic mass is 9.85. The maximum absolute atomic E-state index is 6.61. The Morgan fingerprint density at radius 1 is 0.612 bits per heavy atom. The van der Waals surface area contributed by atoms with Gasteiger partial charge in [-0.2, -0.15) is 0 Å². The van der Waals surface area contributed by atoms with Gasteiger partial charge in [-0.3, -0.25) is 4.99 Å². The minimum absolute atomic E-state index is 0.0701. The Balaban J connectivity index is 1.23. The zero-order valence-electron chi connectivity index (χ0n) is 28.6. The highest BCUT2D eigenvalue weighted by Gasteiger charge is 2.21. The largest absolute Gasteiger partial charge is 0.436 e. The first-order valence-electron chi connectivity index (χ1n) is 16.9. The van der Waals surface area contributed by atoms with Gasteiger partial charge in [-0.25, -0.2) is 4.98 Å². The molecule has 0 radical (unpaired) electrons. The average molecular weight is 635 g/mol. The van der Waals surface area contributed by atoms with Gasteiger partial charge >= 0.3 is 0 Å². The second-order valence-corrected chi connectivity index (χ2v) is 14.0. The summed E-state index contributed by atoms with van der Waals surface area (Å²) in [4.78, 5) is 10.2. The summed E-state index contributed by atoms with van der Waals surface area (Å²) < 4.78 is 6.61. The summed E-state index contributed by atoms with van der Waals surface area (Å²) >= 11 is 0. The van der Waals surface area contributed by atoms with Crippen LogP contribution in [0.3, 0.4) is 0 Å². The van der Waals surface area contributed by atoms with Crippen molar-refractivity contribution in [3.05, 3.63) is 156 Å². The fraction of sp³-hybridized carbons (Fsp3) is 0.130. The van der Waals surface area contributed by atoms with Crippen molar-refractivity contribution in [1.82, 2.24) is 4.98 Å². The first-order valence-corrected chi connectivity index (χ1v) is 16.9. The van der Waals surface area contributed by atoms with Gasteiger partial charge < -0.3 is 4.42 Å². The number of hydrogen-bond donors (Lipinski definition) is 0. The summed E-state index contributed by atoms with van der Waals surface area (Å²) in [6.45, 7) is 11.0. The van der Waals surface area contributed by atoms with Crippen LogP contribution in [0.4, 0.5) is 5.69 Å². The zero-order valence-corrected chi connectivity index (χ0v) is 28.6. The molecule has 8 aromatic rings. The van der Waals surface area contributed by atoms with Gasteiger partial charge in [0, 0.05) is 17.3 Å². The number of rotatable bonds is 5. The highest BCUT2D eigenvalue weighted by molar-refractivity contribution is 6.14. The molecule has 0 saturated carbocycles. The van der Waals surface area contributed by atoms with Crippen LogP contribution in [0.15, 0.2) is 143 Å². The van der Waals surface area contributed by atoms with Gasteiger partial charge in [0.1, 0.15) is 5.52 Å². The van der Waals surface area contributed by atoms with Gasteiger partial charge in [0.05, 0.1) is 11.3 Å². The predicted octanol–water partition coefficient (Wildman–Crippen LogP) is 12.8. The van der Waals surface area contributed by atoms with Crippen LogP contribution in [0.5, 0.6) is 0 Å². The first-order chi connectivity index (χ1) is 23.7. The van der Waals surface area contributed by atoms with Crippen LogP contribution in [0.25, 0.3) is 66.4 Å². The van der Waals surface area contributed by atoms with Crippen LogP contribution >= 0.6 is 0 Å². The van der Waals surface area contributed by atoms with Crippen LogP contribution in [0, 0.1) is 13.8 Å². The normalized spacial score (nSPS) is 12.1. The summed E-state index contributed by atoms with van der Waals surface area (Å²) in [6.07, 6.45) is 1.97. The summed E-state index contributed by atoms with van der Waals surface area (Å²) in [5.74, 6) is 0.561. The number of fused-ring (bicyclic) bond motifs is 4. The quantitative estimate of drug-likeness (QED) is 0.140. The molecule has 7 aromatic carbocycles. The molecular weight excluding hydrogens is 597 g/mol. The molecule has 0 atom stereocenters. The van der Waals surface area contributed by atoms with E-state index in [1.807, 2.05) is 30.5 Å². The third-order valence-electron chi connectivity index (χ3n) is 9.54. The SMILES string of the molecule is Cc1ccc(C)c(-c2ccc(-c3cc(C(C)(C)C)cc4oc(-c5ccccc5N=Cc5cc6ccccc6c6ccccc56)nc34)cc2)c1. The molecule has 0 aliphatic heterocycles. The lowest BCUT2D eigenvalue weighted by molar-refractivity contribution is 0.584. The number of aliphatic imine (C=N–C) groups is 1. The average Bonchev–Trinajstić information content (AvgIpc) is 3.55. The maximum atomic E-state index is 6.61. The summed E-state index contributed by atoms with van der Waals surface area (Å²) in [5, 5.41) is 4.83. The second kappa shape index (κ2) is 12.0. The van der Waals surface area contributed by atoms with E-state index in [1.54, 1.807) is 0 Å². The Morgan fingerprint density at radius 3 is 2.06 bits per heavy atom. The molecule has 3 nitrogen and oxygen atoms in total. The molecule has 49 heavy (non-hydrogen) atoms. The molecule has 0 spiro atoms. The molecule has 0 aliphatic carbocycles. The number of aryl methyl sites for hydroxylation is 2. The Bertz CT molecular complexity index is 2550. The standard InChI is InChI=1S/C46H38N2O/c1-29-18-19-30(2)40(24-29)31-20-22-32(23-21-31)41-26-35(46(3,4)5)27-43-44(41)48-45(49-43)39-16-10-11-17-42(39)47-28-34-25-33-12-6-7-13-36(33)38-15-9-8-14-37(34)38/h6-28H,1-5H3. The van der Waals surface area contributed by atoms with Crippen molar-refractivity contribution in [2.45, 2.75) is 40.0 Å². The first kappa shape index (κ1) is 30.5. The number of nitrogens with zero attached hydrogens (tertiary/aromatic N) is 2. The molecule has 0 amide bonds. The zero-order chi connectivity index (χ0) is 33.7. The van der Waals surface area contributed by atoms with E-state index < -0.39 is 0 Å². The number of oxazole rings is 1. The van der Waals surface area contributed by atoms with Crippen molar-refractivity contribution >= 4 is 44.5 Å². The molecule has 1 heterocycles. The molecule has 0 fully saturated rings. The molecular formula is C46H38N2O. The molecule has 1 aromatic heterocycles. The topological polar surface area (TPSA) is 38.4 Å². The van der Waals surface area contributed by atoms with E-state index in [9.17, 15) is 0 Å². The van der Waals surface area contributed by atoms with Crippen molar-refractivity contribution in [3.8, 4) is 33.7 Å². The number of hydrogen-bond acceptors (Lipinski definition) is 3. The summed E-state index contributed by atoms with van der Waals surface area (Å²) in [6, 6.07) is 47.2. The van der Waals surface area contributed by atoms with E-state index in [0.717, 1.165) is 39.0 Å². The van der Waals surface area contributed by atoms with E-state index in [4.69, 9.17) is 14.4 Å². The Kier molecular flexibility index (Phi) is 7.49. The second-order valence-electron chi connectivity index (χ2n) is 14.0. The lowest BCUT2D eigenvalue weighted by Gasteiger charge is -2.20.